The van der Waals surface area contributed by atoms with Gasteiger partial charge in [-0.2, -0.15) is 0 Å². The van der Waals surface area contributed by atoms with Crippen LogP contribution in [0, 0.1) is 0 Å². The van der Waals surface area contributed by atoms with E-state index in [-0.39, 0.29) is 10.8 Å². The predicted molar refractivity (Wildman–Crippen MR) is 111 cm³/mol. The summed E-state index contributed by atoms with van der Waals surface area (Å²) in [5.74, 6) is -0.242. The SMILES string of the molecule is CN(C)S(=O)(=O)c1ccc(N2CCCC2)c(C(=O)NCCc2ccccc2)c1. The summed E-state index contributed by atoms with van der Waals surface area (Å²) in [5.41, 5.74) is 2.36. The minimum atomic E-state index is -3.60. The Morgan fingerprint density at radius 1 is 1.07 bits per heavy atom. The van der Waals surface area contributed by atoms with Gasteiger partial charge in [0.2, 0.25) is 10.0 Å². The molecular formula is C21H27N3O3S. The van der Waals surface area contributed by atoms with Crippen LogP contribution in [0.3, 0.4) is 0 Å². The number of sulfonamides is 1. The molecule has 3 rings (SSSR count). The standard InChI is InChI=1S/C21H27N3O3S/c1-23(2)28(26,27)18-10-11-20(24-14-6-7-15-24)19(16-18)21(25)22-13-12-17-8-4-3-5-9-17/h3-5,8-11,16H,6-7,12-15H2,1-2H3,(H,22,25). The van der Waals surface area contributed by atoms with Crippen LogP contribution in [0.25, 0.3) is 0 Å². The van der Waals surface area contributed by atoms with Gasteiger partial charge >= 0.3 is 0 Å². The van der Waals surface area contributed by atoms with Crippen LogP contribution in [0.1, 0.15) is 28.8 Å². The molecule has 0 radical (unpaired) electrons. The van der Waals surface area contributed by atoms with Crippen LogP contribution < -0.4 is 10.2 Å². The second-order valence-electron chi connectivity index (χ2n) is 7.15. The summed E-state index contributed by atoms with van der Waals surface area (Å²) < 4.78 is 26.2. The summed E-state index contributed by atoms with van der Waals surface area (Å²) in [4.78, 5) is 15.2. The Labute approximate surface area is 167 Å². The van der Waals surface area contributed by atoms with E-state index in [4.69, 9.17) is 0 Å². The maximum absolute atomic E-state index is 12.9. The lowest BCUT2D eigenvalue weighted by Gasteiger charge is -2.22. The Morgan fingerprint density at radius 3 is 2.39 bits per heavy atom. The first-order chi connectivity index (χ1) is 13.4. The topological polar surface area (TPSA) is 69.7 Å². The zero-order valence-electron chi connectivity index (χ0n) is 16.4. The molecule has 1 saturated heterocycles. The molecule has 0 saturated carbocycles. The molecule has 0 unspecified atom stereocenters. The summed E-state index contributed by atoms with van der Waals surface area (Å²) in [6.07, 6.45) is 2.88. The van der Waals surface area contributed by atoms with Gasteiger partial charge in [0, 0.05) is 39.4 Å². The molecule has 1 fully saturated rings. The van der Waals surface area contributed by atoms with Crippen molar-refractivity contribution in [2.75, 3.05) is 38.6 Å². The van der Waals surface area contributed by atoms with Crippen molar-refractivity contribution in [3.63, 3.8) is 0 Å². The molecule has 1 heterocycles. The highest BCUT2D eigenvalue weighted by Gasteiger charge is 2.24. The van der Waals surface area contributed by atoms with Crippen molar-refractivity contribution in [2.24, 2.45) is 0 Å². The van der Waals surface area contributed by atoms with Crippen LogP contribution in [0.5, 0.6) is 0 Å². The molecular weight excluding hydrogens is 374 g/mol. The van der Waals surface area contributed by atoms with Gasteiger partial charge in [0.05, 0.1) is 10.5 Å². The van der Waals surface area contributed by atoms with Crippen LogP contribution in [0.15, 0.2) is 53.4 Å². The summed E-state index contributed by atoms with van der Waals surface area (Å²) in [6.45, 7) is 2.25. The molecule has 2 aromatic rings. The van der Waals surface area contributed by atoms with E-state index in [9.17, 15) is 13.2 Å². The average Bonchev–Trinajstić information content (AvgIpc) is 3.22. The lowest BCUT2D eigenvalue weighted by atomic mass is 10.1. The Morgan fingerprint density at radius 2 is 1.75 bits per heavy atom. The minimum Gasteiger partial charge on any atom is -0.371 e. The molecule has 28 heavy (non-hydrogen) atoms. The van der Waals surface area contributed by atoms with E-state index in [1.807, 2.05) is 30.3 Å². The maximum Gasteiger partial charge on any atom is 0.253 e. The molecule has 2 aromatic carbocycles. The van der Waals surface area contributed by atoms with Crippen LogP contribution in [-0.2, 0) is 16.4 Å². The van der Waals surface area contributed by atoms with Crippen LogP contribution in [0.2, 0.25) is 0 Å². The summed E-state index contributed by atoms with van der Waals surface area (Å²) >= 11 is 0. The normalized spacial score (nSPS) is 14.5. The van der Waals surface area contributed by atoms with E-state index < -0.39 is 10.0 Å². The van der Waals surface area contributed by atoms with E-state index in [0.29, 0.717) is 12.1 Å². The molecule has 0 aliphatic carbocycles. The number of amides is 1. The molecule has 0 spiro atoms. The molecule has 7 heteroatoms. The number of anilines is 1. The molecule has 150 valence electrons. The average molecular weight is 402 g/mol. The highest BCUT2D eigenvalue weighted by Crippen LogP contribution is 2.28. The van der Waals surface area contributed by atoms with Crippen LogP contribution in [-0.4, -0.2) is 52.4 Å². The fourth-order valence-corrected chi connectivity index (χ4v) is 4.29. The van der Waals surface area contributed by atoms with Crippen molar-refractivity contribution in [2.45, 2.75) is 24.2 Å². The van der Waals surface area contributed by atoms with Crippen LogP contribution >= 0.6 is 0 Å². The van der Waals surface area contributed by atoms with Gasteiger partial charge < -0.3 is 10.2 Å². The van der Waals surface area contributed by atoms with Gasteiger partial charge in [0.25, 0.3) is 5.91 Å². The smallest absolute Gasteiger partial charge is 0.253 e. The fraction of sp³-hybridized carbons (Fsp3) is 0.381. The van der Waals surface area contributed by atoms with Gasteiger partial charge in [-0.3, -0.25) is 4.79 Å². The molecule has 0 aromatic heterocycles. The summed E-state index contributed by atoms with van der Waals surface area (Å²) in [7, 11) is -0.623. The van der Waals surface area contributed by atoms with Gasteiger partial charge in [-0.15, -0.1) is 0 Å². The fourth-order valence-electron chi connectivity index (χ4n) is 3.36. The van der Waals surface area contributed by atoms with Gasteiger partial charge in [-0.1, -0.05) is 30.3 Å². The molecule has 0 atom stereocenters. The largest absolute Gasteiger partial charge is 0.371 e. The van der Waals surface area contributed by atoms with Crippen molar-refractivity contribution in [3.8, 4) is 0 Å². The van der Waals surface area contributed by atoms with Gasteiger partial charge in [0.15, 0.2) is 0 Å². The molecule has 1 N–H and O–H groups in total. The van der Waals surface area contributed by atoms with Gasteiger partial charge in [-0.25, -0.2) is 12.7 Å². The van der Waals surface area contributed by atoms with Crippen LogP contribution in [0.4, 0.5) is 5.69 Å². The first-order valence-electron chi connectivity index (χ1n) is 9.53. The first-order valence-corrected chi connectivity index (χ1v) is 11.0. The molecule has 1 aliphatic heterocycles. The molecule has 1 amide bonds. The van der Waals surface area contributed by atoms with Crippen molar-refractivity contribution >= 4 is 21.6 Å². The number of carbonyl (C=O) groups excluding carboxylic acids is 1. The maximum atomic E-state index is 12.9. The summed E-state index contributed by atoms with van der Waals surface area (Å²) in [5, 5.41) is 2.95. The van der Waals surface area contributed by atoms with E-state index in [1.54, 1.807) is 12.1 Å². The van der Waals surface area contributed by atoms with E-state index in [1.165, 1.54) is 20.2 Å². The number of benzene rings is 2. The van der Waals surface area contributed by atoms with Gasteiger partial charge in [-0.05, 0) is 43.0 Å². The molecule has 6 nitrogen and oxygen atoms in total. The van der Waals surface area contributed by atoms with E-state index in [0.717, 1.165) is 47.9 Å². The minimum absolute atomic E-state index is 0.133. The Bertz CT molecular complexity index is 921. The summed E-state index contributed by atoms with van der Waals surface area (Å²) in [6, 6.07) is 14.8. The third kappa shape index (κ3) is 4.54. The Hall–Kier alpha value is -2.38. The van der Waals surface area contributed by atoms with Crippen molar-refractivity contribution < 1.29 is 13.2 Å². The quantitative estimate of drug-likeness (QED) is 0.774. The predicted octanol–water partition coefficient (Wildman–Crippen LogP) is 2.51. The second kappa shape index (κ2) is 8.75. The number of carbonyl (C=O) groups is 1. The third-order valence-electron chi connectivity index (χ3n) is 4.98. The number of hydrogen-bond acceptors (Lipinski definition) is 4. The number of nitrogens with one attached hydrogen (secondary N) is 1. The highest BCUT2D eigenvalue weighted by atomic mass is 32.2. The second-order valence-corrected chi connectivity index (χ2v) is 9.30. The van der Waals surface area contributed by atoms with Crippen molar-refractivity contribution in [3.05, 3.63) is 59.7 Å². The lowest BCUT2D eigenvalue weighted by molar-refractivity contribution is 0.0954. The molecule has 1 aliphatic rings. The van der Waals surface area contributed by atoms with Gasteiger partial charge in [0.1, 0.15) is 0 Å². The zero-order chi connectivity index (χ0) is 20.1. The molecule has 0 bridgehead atoms. The number of rotatable bonds is 7. The highest BCUT2D eigenvalue weighted by molar-refractivity contribution is 7.89. The number of hydrogen-bond donors (Lipinski definition) is 1. The third-order valence-corrected chi connectivity index (χ3v) is 6.79. The number of nitrogens with zero attached hydrogens (tertiary/aromatic N) is 2. The van der Waals surface area contributed by atoms with E-state index >= 15 is 0 Å². The zero-order valence-corrected chi connectivity index (χ0v) is 17.2. The van der Waals surface area contributed by atoms with Crippen molar-refractivity contribution in [1.29, 1.82) is 0 Å². The lowest BCUT2D eigenvalue weighted by Crippen LogP contribution is -2.30. The Balaban J connectivity index is 1.83. The monoisotopic (exact) mass is 401 g/mol. The Kier molecular flexibility index (Phi) is 6.36. The van der Waals surface area contributed by atoms with E-state index in [2.05, 4.69) is 10.2 Å². The van der Waals surface area contributed by atoms with Crippen molar-refractivity contribution in [1.82, 2.24) is 9.62 Å². The first kappa shape index (κ1) is 20.4.